The van der Waals surface area contributed by atoms with Crippen molar-refractivity contribution in [2.24, 2.45) is 0 Å². The molecule has 2 heterocycles. The third kappa shape index (κ3) is 5.50. The number of carbonyl (C=O) groups excluding carboxylic acids is 1. The second-order valence-electron chi connectivity index (χ2n) is 7.94. The summed E-state index contributed by atoms with van der Waals surface area (Å²) in [5, 5.41) is 12.1. The zero-order valence-electron chi connectivity index (χ0n) is 18.2. The van der Waals surface area contributed by atoms with E-state index in [4.69, 9.17) is 9.47 Å². The van der Waals surface area contributed by atoms with Crippen LogP contribution in [0.4, 0.5) is 0 Å². The number of hydrogen-bond donors (Lipinski definition) is 1. The number of aryl methyl sites for hydroxylation is 1. The maximum atomic E-state index is 12.0. The predicted octanol–water partition coefficient (Wildman–Crippen LogP) is 2.80. The molecule has 7 nitrogen and oxygen atoms in total. The Morgan fingerprint density at radius 3 is 2.60 bits per heavy atom. The summed E-state index contributed by atoms with van der Waals surface area (Å²) in [6.07, 6.45) is 2.04. The molecule has 0 aliphatic carbocycles. The van der Waals surface area contributed by atoms with E-state index in [0.717, 1.165) is 40.0 Å². The number of aromatic nitrogens is 1. The molecule has 1 amide bonds. The van der Waals surface area contributed by atoms with Crippen LogP contribution in [0.3, 0.4) is 0 Å². The topological polar surface area (TPSA) is 75.1 Å². The molecule has 30 heavy (non-hydrogen) atoms. The molecule has 1 aromatic heterocycles. The van der Waals surface area contributed by atoms with Crippen LogP contribution in [0, 0.1) is 6.92 Å². The summed E-state index contributed by atoms with van der Waals surface area (Å²) in [7, 11) is 5.17. The molecule has 3 rings (SSSR count). The number of hydrogen-bond acceptors (Lipinski definition) is 7. The number of rotatable bonds is 7. The zero-order valence-corrected chi connectivity index (χ0v) is 19.0. The fourth-order valence-corrected chi connectivity index (χ4v) is 4.58. The van der Waals surface area contributed by atoms with Crippen molar-refractivity contribution in [2.75, 3.05) is 40.8 Å². The number of amides is 1. The van der Waals surface area contributed by atoms with Gasteiger partial charge in [0, 0.05) is 20.6 Å². The van der Waals surface area contributed by atoms with E-state index in [1.165, 1.54) is 11.3 Å². The van der Waals surface area contributed by atoms with Crippen molar-refractivity contribution in [1.82, 2.24) is 14.8 Å². The second-order valence-corrected chi connectivity index (χ2v) is 9.02. The molecule has 164 valence electrons. The highest BCUT2D eigenvalue weighted by molar-refractivity contribution is 7.11. The third-order valence-corrected chi connectivity index (χ3v) is 6.81. The summed E-state index contributed by atoms with van der Waals surface area (Å²) in [5.74, 6) is 1.64. The summed E-state index contributed by atoms with van der Waals surface area (Å²) in [4.78, 5) is 21.4. The molecule has 0 radical (unpaired) electrons. The lowest BCUT2D eigenvalue weighted by atomic mass is 9.96. The van der Waals surface area contributed by atoms with Gasteiger partial charge in [-0.25, -0.2) is 4.98 Å². The molecule has 2 aromatic rings. The van der Waals surface area contributed by atoms with Crippen molar-refractivity contribution in [2.45, 2.75) is 38.4 Å². The summed E-state index contributed by atoms with van der Waals surface area (Å²) in [5.41, 5.74) is -0.0650. The van der Waals surface area contributed by atoms with Crippen LogP contribution in [-0.4, -0.2) is 66.6 Å². The molecule has 8 heteroatoms. The van der Waals surface area contributed by atoms with Crippen molar-refractivity contribution >= 4 is 17.2 Å². The molecule has 0 unspecified atom stereocenters. The number of nitrogens with zero attached hydrogens (tertiary/aromatic N) is 3. The van der Waals surface area contributed by atoms with E-state index >= 15 is 0 Å². The van der Waals surface area contributed by atoms with E-state index in [2.05, 4.69) is 9.88 Å². The van der Waals surface area contributed by atoms with Crippen LogP contribution in [0.5, 0.6) is 11.5 Å². The minimum Gasteiger partial charge on any atom is -0.497 e. The smallest absolute Gasteiger partial charge is 0.236 e. The van der Waals surface area contributed by atoms with Crippen LogP contribution in [0.25, 0.3) is 0 Å². The van der Waals surface area contributed by atoms with Crippen molar-refractivity contribution in [3.8, 4) is 11.5 Å². The van der Waals surface area contributed by atoms with Gasteiger partial charge in [0.15, 0.2) is 0 Å². The predicted molar refractivity (Wildman–Crippen MR) is 117 cm³/mol. The van der Waals surface area contributed by atoms with Gasteiger partial charge in [-0.2, -0.15) is 0 Å². The molecule has 0 spiro atoms. The van der Waals surface area contributed by atoms with E-state index in [-0.39, 0.29) is 5.91 Å². The SMILES string of the molecule is COc1ccc(OCc2sc([C@@]3(O)CCCN(CC(=O)N(C)C)CC3)nc2C)cc1. The Kier molecular flexibility index (Phi) is 7.33. The highest BCUT2D eigenvalue weighted by Crippen LogP contribution is 2.36. The van der Waals surface area contributed by atoms with Crippen LogP contribution in [0.15, 0.2) is 24.3 Å². The van der Waals surface area contributed by atoms with Crippen LogP contribution in [0.2, 0.25) is 0 Å². The fourth-order valence-electron chi connectivity index (χ4n) is 3.46. The van der Waals surface area contributed by atoms with Crippen LogP contribution >= 0.6 is 11.3 Å². The lowest BCUT2D eigenvalue weighted by Crippen LogP contribution is -2.37. The number of carbonyl (C=O) groups is 1. The normalized spacial score (nSPS) is 19.9. The first-order chi connectivity index (χ1) is 14.3. The lowest BCUT2D eigenvalue weighted by Gasteiger charge is -2.25. The Hall–Kier alpha value is -2.16. The van der Waals surface area contributed by atoms with Gasteiger partial charge in [0.05, 0.1) is 24.2 Å². The molecule has 1 saturated heterocycles. The third-order valence-electron chi connectivity index (χ3n) is 5.48. The maximum Gasteiger partial charge on any atom is 0.236 e. The first-order valence-corrected chi connectivity index (χ1v) is 11.0. The van der Waals surface area contributed by atoms with Gasteiger partial charge in [-0.3, -0.25) is 9.69 Å². The molecule has 1 aliphatic heterocycles. The Morgan fingerprint density at radius 2 is 1.93 bits per heavy atom. The molecule has 0 bridgehead atoms. The van der Waals surface area contributed by atoms with Crippen molar-refractivity contribution in [3.05, 3.63) is 39.8 Å². The molecule has 1 aliphatic rings. The van der Waals surface area contributed by atoms with Crippen molar-refractivity contribution < 1.29 is 19.4 Å². The molecular formula is C22H31N3O4S. The van der Waals surface area contributed by atoms with E-state index in [0.29, 0.717) is 32.5 Å². The minimum atomic E-state index is -0.955. The monoisotopic (exact) mass is 433 g/mol. The molecule has 1 aromatic carbocycles. The highest BCUT2D eigenvalue weighted by atomic mass is 32.1. The fraction of sp³-hybridized carbons (Fsp3) is 0.545. The summed E-state index contributed by atoms with van der Waals surface area (Å²) in [6, 6.07) is 7.47. The van der Waals surface area contributed by atoms with Crippen LogP contribution in [0.1, 0.15) is 34.8 Å². The summed E-state index contributed by atoms with van der Waals surface area (Å²) >= 11 is 1.52. The number of likely N-dealkylation sites (tertiary alicyclic amines) is 1. The zero-order chi connectivity index (χ0) is 21.7. The lowest BCUT2D eigenvalue weighted by molar-refractivity contribution is -0.129. The summed E-state index contributed by atoms with van der Waals surface area (Å²) in [6.45, 7) is 4.23. The average Bonchev–Trinajstić information content (AvgIpc) is 3.01. The first kappa shape index (κ1) is 22.5. The first-order valence-electron chi connectivity index (χ1n) is 10.2. The van der Waals surface area contributed by atoms with Gasteiger partial charge >= 0.3 is 0 Å². The quantitative estimate of drug-likeness (QED) is 0.724. The van der Waals surface area contributed by atoms with Gasteiger partial charge in [-0.1, -0.05) is 0 Å². The average molecular weight is 434 g/mol. The highest BCUT2D eigenvalue weighted by Gasteiger charge is 2.35. The molecule has 1 atom stereocenters. The van der Waals surface area contributed by atoms with Gasteiger partial charge in [-0.15, -0.1) is 11.3 Å². The number of thiazole rings is 1. The largest absolute Gasteiger partial charge is 0.497 e. The Balaban J connectivity index is 1.63. The molecular weight excluding hydrogens is 402 g/mol. The number of methoxy groups -OCH3 is 1. The standard InChI is InChI=1S/C22H31N3O4S/c1-16-19(15-29-18-8-6-17(28-4)7-9-18)30-21(23-16)22(27)10-5-12-25(13-11-22)14-20(26)24(2)3/h6-9,27H,5,10-15H2,1-4H3/t22-/m1/s1. The van der Waals surface area contributed by atoms with Gasteiger partial charge in [0.25, 0.3) is 0 Å². The van der Waals surface area contributed by atoms with E-state index < -0.39 is 5.60 Å². The van der Waals surface area contributed by atoms with E-state index in [1.54, 1.807) is 26.1 Å². The minimum absolute atomic E-state index is 0.0866. The summed E-state index contributed by atoms with van der Waals surface area (Å²) < 4.78 is 11.1. The van der Waals surface area contributed by atoms with Crippen LogP contribution < -0.4 is 9.47 Å². The van der Waals surface area contributed by atoms with E-state index in [1.807, 2.05) is 31.2 Å². The number of aliphatic hydroxyl groups is 1. The van der Waals surface area contributed by atoms with Gasteiger partial charge in [-0.05, 0) is 57.0 Å². The number of benzene rings is 1. The molecule has 1 fully saturated rings. The number of likely N-dealkylation sites (N-methyl/N-ethyl adjacent to an activating group) is 1. The number of ether oxygens (including phenoxy) is 2. The Labute approximate surface area is 182 Å². The van der Waals surface area contributed by atoms with Gasteiger partial charge < -0.3 is 19.5 Å². The molecule has 0 saturated carbocycles. The van der Waals surface area contributed by atoms with Crippen LogP contribution in [-0.2, 0) is 17.0 Å². The van der Waals surface area contributed by atoms with Crippen molar-refractivity contribution in [3.63, 3.8) is 0 Å². The van der Waals surface area contributed by atoms with E-state index in [9.17, 15) is 9.90 Å². The molecule has 1 N–H and O–H groups in total. The van der Waals surface area contributed by atoms with Gasteiger partial charge in [0.1, 0.15) is 28.7 Å². The Bertz CT molecular complexity index is 853. The maximum absolute atomic E-state index is 12.0. The Morgan fingerprint density at radius 1 is 1.23 bits per heavy atom. The second kappa shape index (κ2) is 9.76. The van der Waals surface area contributed by atoms with Crippen molar-refractivity contribution in [1.29, 1.82) is 0 Å². The van der Waals surface area contributed by atoms with Gasteiger partial charge in [0.2, 0.25) is 5.91 Å².